The second-order valence-corrected chi connectivity index (χ2v) is 8.24. The summed E-state index contributed by atoms with van der Waals surface area (Å²) < 4.78 is 8.37. The molecule has 1 fully saturated rings. The molecule has 0 atom stereocenters. The molecule has 0 radical (unpaired) electrons. The Bertz CT molecular complexity index is 962. The average Bonchev–Trinajstić information content (AvgIpc) is 3.18. The Morgan fingerprint density at radius 2 is 1.68 bits per heavy atom. The Morgan fingerprint density at radius 1 is 1.09 bits per heavy atom. The highest BCUT2D eigenvalue weighted by atomic mass is 16.5. The monoisotopic (exact) mass is 476 g/mol. The number of aliphatic carboxylic acids is 1. The molecular weight excluding hydrogens is 440 g/mol. The van der Waals surface area contributed by atoms with Gasteiger partial charge in [0, 0.05) is 52.3 Å². The number of carboxylic acid groups (broad SMARTS) is 1. The molecule has 0 unspecified atom stereocenters. The number of nitrogens with zero attached hydrogens (tertiary/aromatic N) is 6. The number of aryl methyl sites for hydroxylation is 1. The summed E-state index contributed by atoms with van der Waals surface area (Å²) in [6.07, 6.45) is 2.05. The van der Waals surface area contributed by atoms with Crippen molar-refractivity contribution in [3.05, 3.63) is 40.8 Å². The van der Waals surface area contributed by atoms with Gasteiger partial charge >= 0.3 is 5.69 Å². The van der Waals surface area contributed by atoms with Crippen LogP contribution in [-0.4, -0.2) is 80.6 Å². The largest absolute Gasteiger partial charge is 0.481 e. The van der Waals surface area contributed by atoms with Gasteiger partial charge in [-0.15, -0.1) is 0 Å². The van der Waals surface area contributed by atoms with Crippen LogP contribution in [0.3, 0.4) is 0 Å². The lowest BCUT2D eigenvalue weighted by Gasteiger charge is -2.48. The standard InChI is InChI=1S/C21H32N6O3.C2H4O2/c1-4-19(28)27(18-9-7-6-8-10-18)21(17-30-3)11-13-24(14-12-21)15-16-26-20(29)25(5-2)22-23-26;1-2(3)4/h6-10H,4-5,11-17H2,1-3H3;1H3,(H,3,4). The van der Waals surface area contributed by atoms with Gasteiger partial charge in [0.2, 0.25) is 5.91 Å². The summed E-state index contributed by atoms with van der Waals surface area (Å²) in [7, 11) is 1.69. The van der Waals surface area contributed by atoms with E-state index in [0.29, 0.717) is 26.1 Å². The van der Waals surface area contributed by atoms with Gasteiger partial charge in [0.1, 0.15) is 0 Å². The van der Waals surface area contributed by atoms with Crippen LogP contribution in [0.1, 0.15) is 40.0 Å². The van der Waals surface area contributed by atoms with Gasteiger partial charge in [-0.2, -0.15) is 9.36 Å². The minimum atomic E-state index is -0.833. The number of aromatic nitrogens is 4. The molecule has 1 aliphatic rings. The summed E-state index contributed by atoms with van der Waals surface area (Å²) in [5, 5.41) is 15.2. The summed E-state index contributed by atoms with van der Waals surface area (Å²) >= 11 is 0. The van der Waals surface area contributed by atoms with Crippen molar-refractivity contribution >= 4 is 17.6 Å². The minimum absolute atomic E-state index is 0.106. The quantitative estimate of drug-likeness (QED) is 0.577. The van der Waals surface area contributed by atoms with Crippen LogP contribution in [0, 0.1) is 0 Å². The molecule has 0 aliphatic carbocycles. The van der Waals surface area contributed by atoms with E-state index in [9.17, 15) is 9.59 Å². The van der Waals surface area contributed by atoms with E-state index in [1.165, 1.54) is 9.36 Å². The normalized spacial score (nSPS) is 15.3. The molecule has 11 nitrogen and oxygen atoms in total. The zero-order valence-electron chi connectivity index (χ0n) is 20.5. The lowest BCUT2D eigenvalue weighted by Crippen LogP contribution is -2.60. The van der Waals surface area contributed by atoms with Crippen LogP contribution < -0.4 is 10.6 Å². The fraction of sp³-hybridized carbons (Fsp3) is 0.609. The molecule has 1 amide bonds. The summed E-state index contributed by atoms with van der Waals surface area (Å²) in [5.41, 5.74) is 0.367. The molecule has 1 aromatic carbocycles. The van der Waals surface area contributed by atoms with E-state index in [-0.39, 0.29) is 17.1 Å². The molecule has 1 N–H and O–H groups in total. The van der Waals surface area contributed by atoms with Crippen LogP contribution in [-0.2, 0) is 27.4 Å². The second kappa shape index (κ2) is 13.0. The van der Waals surface area contributed by atoms with Crippen LogP contribution in [0.15, 0.2) is 35.1 Å². The predicted molar refractivity (Wildman–Crippen MR) is 128 cm³/mol. The second-order valence-electron chi connectivity index (χ2n) is 8.24. The zero-order chi connectivity index (χ0) is 25.1. The molecule has 3 rings (SSSR count). The molecule has 2 heterocycles. The number of ether oxygens (including phenoxy) is 1. The van der Waals surface area contributed by atoms with Crippen molar-refractivity contribution in [1.82, 2.24) is 24.7 Å². The Hall–Kier alpha value is -3.05. The first-order valence-electron chi connectivity index (χ1n) is 11.6. The third-order valence-corrected chi connectivity index (χ3v) is 5.87. The van der Waals surface area contributed by atoms with E-state index in [4.69, 9.17) is 14.6 Å². The van der Waals surface area contributed by atoms with Crippen molar-refractivity contribution in [2.24, 2.45) is 0 Å². The first-order valence-corrected chi connectivity index (χ1v) is 11.6. The molecule has 0 spiro atoms. The van der Waals surface area contributed by atoms with Crippen LogP contribution in [0.25, 0.3) is 0 Å². The van der Waals surface area contributed by atoms with E-state index in [1.54, 1.807) is 7.11 Å². The molecule has 1 aliphatic heterocycles. The topological polar surface area (TPSA) is 123 Å². The van der Waals surface area contributed by atoms with Gasteiger partial charge in [0.15, 0.2) is 0 Å². The first kappa shape index (κ1) is 27.2. The Kier molecular flexibility index (Phi) is 10.4. The lowest BCUT2D eigenvalue weighted by molar-refractivity contribution is -0.134. The van der Waals surface area contributed by atoms with Crippen molar-refractivity contribution in [2.75, 3.05) is 38.3 Å². The number of hydrogen-bond acceptors (Lipinski definition) is 7. The zero-order valence-corrected chi connectivity index (χ0v) is 20.5. The number of carboxylic acids is 1. The highest BCUT2D eigenvalue weighted by Gasteiger charge is 2.42. The molecule has 1 aromatic heterocycles. The number of likely N-dealkylation sites (tertiary alicyclic amines) is 1. The first-order chi connectivity index (χ1) is 16.3. The summed E-state index contributed by atoms with van der Waals surface area (Å²) in [6.45, 7) is 8.73. The highest BCUT2D eigenvalue weighted by molar-refractivity contribution is 5.94. The van der Waals surface area contributed by atoms with Gasteiger partial charge in [-0.05, 0) is 42.3 Å². The summed E-state index contributed by atoms with van der Waals surface area (Å²) in [5.74, 6) is -0.727. The number of anilines is 1. The van der Waals surface area contributed by atoms with Crippen molar-refractivity contribution in [1.29, 1.82) is 0 Å². The number of carbonyl (C=O) groups is 2. The van der Waals surface area contributed by atoms with Gasteiger partial charge in [-0.25, -0.2) is 4.79 Å². The summed E-state index contributed by atoms with van der Waals surface area (Å²) in [4.78, 5) is 38.4. The molecule has 34 heavy (non-hydrogen) atoms. The molecular formula is C23H36N6O5. The van der Waals surface area contributed by atoms with Crippen LogP contribution >= 0.6 is 0 Å². The maximum atomic E-state index is 13.0. The summed E-state index contributed by atoms with van der Waals surface area (Å²) in [6, 6.07) is 9.85. The lowest BCUT2D eigenvalue weighted by atomic mass is 9.85. The fourth-order valence-corrected chi connectivity index (χ4v) is 4.19. The predicted octanol–water partition coefficient (Wildman–Crippen LogP) is 1.47. The molecule has 0 bridgehead atoms. The Balaban J connectivity index is 0.000000945. The third kappa shape index (κ3) is 6.97. The van der Waals surface area contributed by atoms with E-state index in [2.05, 4.69) is 15.3 Å². The minimum Gasteiger partial charge on any atom is -0.481 e. The number of tetrazole rings is 1. The maximum Gasteiger partial charge on any atom is 0.363 e. The van der Waals surface area contributed by atoms with Crippen molar-refractivity contribution in [3.63, 3.8) is 0 Å². The van der Waals surface area contributed by atoms with Crippen LogP contribution in [0.4, 0.5) is 5.69 Å². The van der Waals surface area contributed by atoms with Gasteiger partial charge < -0.3 is 19.6 Å². The number of para-hydroxylation sites is 1. The van der Waals surface area contributed by atoms with E-state index in [1.807, 2.05) is 49.1 Å². The van der Waals surface area contributed by atoms with Crippen molar-refractivity contribution in [3.8, 4) is 0 Å². The number of carbonyl (C=O) groups excluding carboxylic acids is 1. The smallest absolute Gasteiger partial charge is 0.363 e. The maximum absolute atomic E-state index is 13.0. The van der Waals surface area contributed by atoms with Crippen LogP contribution in [0.2, 0.25) is 0 Å². The van der Waals surface area contributed by atoms with E-state index >= 15 is 0 Å². The SMILES string of the molecule is CC(=O)O.CCC(=O)N(c1ccccc1)C1(COC)CCN(CCn2nnn(CC)c2=O)CC1. The van der Waals surface area contributed by atoms with Crippen LogP contribution in [0.5, 0.6) is 0 Å². The van der Waals surface area contributed by atoms with Gasteiger partial charge in [0.25, 0.3) is 5.97 Å². The molecule has 11 heteroatoms. The Morgan fingerprint density at radius 3 is 2.18 bits per heavy atom. The Labute approximate surface area is 199 Å². The van der Waals surface area contributed by atoms with Crippen molar-refractivity contribution in [2.45, 2.75) is 58.7 Å². The van der Waals surface area contributed by atoms with Gasteiger partial charge in [-0.3, -0.25) is 9.59 Å². The van der Waals surface area contributed by atoms with Crippen molar-refractivity contribution < 1.29 is 19.4 Å². The highest BCUT2D eigenvalue weighted by Crippen LogP contribution is 2.34. The van der Waals surface area contributed by atoms with Gasteiger partial charge in [0.05, 0.1) is 18.7 Å². The number of hydrogen-bond donors (Lipinski definition) is 1. The molecule has 188 valence electrons. The number of benzene rings is 1. The fourth-order valence-electron chi connectivity index (χ4n) is 4.19. The van der Waals surface area contributed by atoms with E-state index < -0.39 is 5.97 Å². The number of methoxy groups -OCH3 is 1. The molecule has 1 saturated heterocycles. The number of rotatable bonds is 9. The van der Waals surface area contributed by atoms with Gasteiger partial charge in [-0.1, -0.05) is 25.1 Å². The number of piperidine rings is 1. The molecule has 0 saturated carbocycles. The molecule has 2 aromatic rings. The number of amides is 1. The average molecular weight is 477 g/mol. The van der Waals surface area contributed by atoms with E-state index in [0.717, 1.165) is 45.1 Å². The third-order valence-electron chi connectivity index (χ3n) is 5.87.